The van der Waals surface area contributed by atoms with E-state index in [0.717, 1.165) is 35.7 Å². The Bertz CT molecular complexity index is 1210. The molecule has 3 aromatic rings. The van der Waals surface area contributed by atoms with Crippen LogP contribution >= 0.6 is 11.8 Å². The highest BCUT2D eigenvalue weighted by atomic mass is 32.2. The molecule has 0 atom stereocenters. The van der Waals surface area contributed by atoms with E-state index in [-0.39, 0.29) is 23.4 Å². The van der Waals surface area contributed by atoms with Gasteiger partial charge in [0.15, 0.2) is 0 Å². The first-order chi connectivity index (χ1) is 16.5. The van der Waals surface area contributed by atoms with Gasteiger partial charge in [-0.2, -0.15) is 0 Å². The Kier molecular flexibility index (Phi) is 7.39. The van der Waals surface area contributed by atoms with Crippen molar-refractivity contribution in [3.05, 3.63) is 111 Å². The van der Waals surface area contributed by atoms with Gasteiger partial charge in [0.1, 0.15) is 12.4 Å². The maximum absolute atomic E-state index is 12.7. The van der Waals surface area contributed by atoms with E-state index in [2.05, 4.69) is 0 Å². The molecule has 1 fully saturated rings. The second kappa shape index (κ2) is 10.8. The molecule has 2 amide bonds. The third-order valence-electron chi connectivity index (χ3n) is 5.29. The summed E-state index contributed by atoms with van der Waals surface area (Å²) in [7, 11) is 0. The van der Waals surface area contributed by atoms with Crippen LogP contribution in [0.2, 0.25) is 0 Å². The number of imide groups is 1. The summed E-state index contributed by atoms with van der Waals surface area (Å²) in [4.78, 5) is 37.0. The average Bonchev–Trinajstić information content (AvgIpc) is 3.12. The topological polar surface area (TPSA) is 89.7 Å². The quantitative estimate of drug-likeness (QED) is 0.220. The van der Waals surface area contributed by atoms with Crippen molar-refractivity contribution in [1.29, 1.82) is 0 Å². The fourth-order valence-corrected chi connectivity index (χ4v) is 4.34. The van der Waals surface area contributed by atoms with Gasteiger partial charge in [0.05, 0.1) is 9.83 Å². The molecular weight excluding hydrogens is 452 g/mol. The van der Waals surface area contributed by atoms with E-state index in [1.165, 1.54) is 22.6 Å². The monoisotopic (exact) mass is 474 g/mol. The van der Waals surface area contributed by atoms with E-state index in [4.69, 9.17) is 4.74 Å². The van der Waals surface area contributed by atoms with Crippen molar-refractivity contribution < 1.29 is 19.2 Å². The average molecular weight is 475 g/mol. The Hall–Kier alpha value is -3.91. The highest BCUT2D eigenvalue weighted by Gasteiger charge is 2.34. The summed E-state index contributed by atoms with van der Waals surface area (Å²) < 4.78 is 5.73. The van der Waals surface area contributed by atoms with E-state index in [9.17, 15) is 19.7 Å². The maximum Gasteiger partial charge on any atom is 0.293 e. The molecule has 4 rings (SSSR count). The van der Waals surface area contributed by atoms with Crippen LogP contribution in [0.15, 0.2) is 83.8 Å². The number of nitrogens with zero attached hydrogens (tertiary/aromatic N) is 2. The predicted molar refractivity (Wildman–Crippen MR) is 131 cm³/mol. The summed E-state index contributed by atoms with van der Waals surface area (Å²) in [5.74, 6) is 0.367. The lowest BCUT2D eigenvalue weighted by atomic mass is 10.1. The van der Waals surface area contributed by atoms with Crippen molar-refractivity contribution in [2.24, 2.45) is 0 Å². The van der Waals surface area contributed by atoms with Crippen molar-refractivity contribution in [2.75, 3.05) is 6.54 Å². The second-order valence-electron chi connectivity index (χ2n) is 7.70. The Labute approximate surface area is 201 Å². The zero-order valence-corrected chi connectivity index (χ0v) is 19.1. The molecule has 172 valence electrons. The van der Waals surface area contributed by atoms with Crippen LogP contribution in [0.25, 0.3) is 6.08 Å². The van der Waals surface area contributed by atoms with Crippen LogP contribution in [0.5, 0.6) is 5.75 Å². The summed E-state index contributed by atoms with van der Waals surface area (Å²) in [5, 5.41) is 10.5. The fourth-order valence-electron chi connectivity index (χ4n) is 3.47. The van der Waals surface area contributed by atoms with Crippen LogP contribution in [-0.4, -0.2) is 27.5 Å². The second-order valence-corrected chi connectivity index (χ2v) is 8.70. The molecule has 34 heavy (non-hydrogen) atoms. The lowest BCUT2D eigenvalue weighted by Crippen LogP contribution is -2.29. The number of hydrogen-bond acceptors (Lipinski definition) is 6. The van der Waals surface area contributed by atoms with Crippen molar-refractivity contribution in [1.82, 2.24) is 4.90 Å². The molecular formula is C26H22N2O5S. The predicted octanol–water partition coefficient (Wildman–Crippen LogP) is 5.84. The minimum atomic E-state index is -0.442. The SMILES string of the molecule is O=C1S/C(=C/c2ccc(OCc3ccc([N+](=O)[O-])cc3)cc2)C(=O)N1CCCc1ccccc1. The van der Waals surface area contributed by atoms with Gasteiger partial charge >= 0.3 is 0 Å². The number of nitro groups is 1. The molecule has 0 bridgehead atoms. The highest BCUT2D eigenvalue weighted by Crippen LogP contribution is 2.32. The van der Waals surface area contributed by atoms with Gasteiger partial charge in [0, 0.05) is 18.7 Å². The summed E-state index contributed by atoms with van der Waals surface area (Å²) >= 11 is 0.957. The summed E-state index contributed by atoms with van der Waals surface area (Å²) in [5.41, 5.74) is 2.82. The summed E-state index contributed by atoms with van der Waals surface area (Å²) in [6.07, 6.45) is 3.24. The van der Waals surface area contributed by atoms with Gasteiger partial charge < -0.3 is 4.74 Å². The van der Waals surface area contributed by atoms with Crippen LogP contribution in [-0.2, 0) is 17.8 Å². The Morgan fingerprint density at radius 1 is 0.912 bits per heavy atom. The number of thioether (sulfide) groups is 1. The molecule has 3 aromatic carbocycles. The number of hydrogen-bond donors (Lipinski definition) is 0. The third-order valence-corrected chi connectivity index (χ3v) is 6.20. The lowest BCUT2D eigenvalue weighted by Gasteiger charge is -2.12. The van der Waals surface area contributed by atoms with Crippen LogP contribution in [0, 0.1) is 10.1 Å². The largest absolute Gasteiger partial charge is 0.489 e. The Balaban J connectivity index is 1.31. The number of benzene rings is 3. The number of nitro benzene ring substituents is 1. The number of non-ortho nitro benzene ring substituents is 1. The number of carbonyl (C=O) groups excluding carboxylic acids is 2. The van der Waals surface area contributed by atoms with Gasteiger partial charge in [0.2, 0.25) is 0 Å². The van der Waals surface area contributed by atoms with Crippen LogP contribution in [0.4, 0.5) is 10.5 Å². The van der Waals surface area contributed by atoms with Crippen molar-refractivity contribution in [2.45, 2.75) is 19.4 Å². The lowest BCUT2D eigenvalue weighted by molar-refractivity contribution is -0.384. The number of rotatable bonds is 9. The van der Waals surface area contributed by atoms with Gasteiger partial charge in [-0.25, -0.2) is 0 Å². The van der Waals surface area contributed by atoms with E-state index in [0.29, 0.717) is 17.2 Å². The third kappa shape index (κ3) is 5.90. The normalized spacial score (nSPS) is 14.6. The molecule has 0 N–H and O–H groups in total. The molecule has 1 aliphatic rings. The number of carbonyl (C=O) groups is 2. The standard InChI is InChI=1S/C26H22N2O5S/c29-25-24(34-26(30)27(25)16-4-7-19-5-2-1-3-6-19)17-20-10-14-23(15-11-20)33-18-21-8-12-22(13-9-21)28(31)32/h1-3,5-6,8-15,17H,4,7,16,18H2/b24-17+. The van der Waals surface area contributed by atoms with Crippen LogP contribution in [0.3, 0.4) is 0 Å². The van der Waals surface area contributed by atoms with E-state index in [1.54, 1.807) is 30.3 Å². The van der Waals surface area contributed by atoms with Gasteiger partial charge in [-0.05, 0) is 71.6 Å². The van der Waals surface area contributed by atoms with E-state index >= 15 is 0 Å². The van der Waals surface area contributed by atoms with Gasteiger partial charge in [-0.15, -0.1) is 0 Å². The Morgan fingerprint density at radius 2 is 1.62 bits per heavy atom. The summed E-state index contributed by atoms with van der Waals surface area (Å²) in [6, 6.07) is 23.4. The van der Waals surface area contributed by atoms with E-state index < -0.39 is 4.92 Å². The van der Waals surface area contributed by atoms with Gasteiger partial charge in [-0.3, -0.25) is 24.6 Å². The fraction of sp³-hybridized carbons (Fsp3) is 0.154. The highest BCUT2D eigenvalue weighted by molar-refractivity contribution is 8.18. The molecule has 0 unspecified atom stereocenters. The van der Waals surface area contributed by atoms with Crippen LogP contribution < -0.4 is 4.74 Å². The molecule has 0 spiro atoms. The van der Waals surface area contributed by atoms with E-state index in [1.807, 2.05) is 42.5 Å². The maximum atomic E-state index is 12.7. The molecule has 0 saturated carbocycles. The van der Waals surface area contributed by atoms with Crippen molar-refractivity contribution in [3.8, 4) is 5.75 Å². The molecule has 0 radical (unpaired) electrons. The number of amides is 2. The molecule has 8 heteroatoms. The minimum absolute atomic E-state index is 0.0358. The first-order valence-electron chi connectivity index (χ1n) is 10.7. The zero-order valence-electron chi connectivity index (χ0n) is 18.3. The first kappa shape index (κ1) is 23.3. The zero-order chi connectivity index (χ0) is 23.9. The van der Waals surface area contributed by atoms with Crippen molar-refractivity contribution in [3.63, 3.8) is 0 Å². The van der Waals surface area contributed by atoms with Crippen molar-refractivity contribution >= 4 is 34.7 Å². The number of aryl methyl sites for hydroxylation is 1. The molecule has 0 aliphatic carbocycles. The minimum Gasteiger partial charge on any atom is -0.489 e. The molecule has 0 aromatic heterocycles. The van der Waals surface area contributed by atoms with Gasteiger partial charge in [-0.1, -0.05) is 42.5 Å². The van der Waals surface area contributed by atoms with Crippen LogP contribution in [0.1, 0.15) is 23.1 Å². The smallest absolute Gasteiger partial charge is 0.293 e. The molecule has 1 aliphatic heterocycles. The Morgan fingerprint density at radius 3 is 2.29 bits per heavy atom. The first-order valence-corrected chi connectivity index (χ1v) is 11.6. The van der Waals surface area contributed by atoms with Gasteiger partial charge in [0.25, 0.3) is 16.8 Å². The summed E-state index contributed by atoms with van der Waals surface area (Å²) in [6.45, 7) is 0.672. The molecule has 7 nitrogen and oxygen atoms in total. The number of ether oxygens (including phenoxy) is 1. The molecule has 1 saturated heterocycles. The molecule has 1 heterocycles.